The van der Waals surface area contributed by atoms with E-state index in [4.69, 9.17) is 28.4 Å². The molecule has 0 unspecified atom stereocenters. The quantitative estimate of drug-likeness (QED) is 0.258. The normalized spacial score (nSPS) is 43.1. The van der Waals surface area contributed by atoms with Crippen molar-refractivity contribution in [2.24, 2.45) is 5.92 Å². The lowest BCUT2D eigenvalue weighted by Crippen LogP contribution is -2.49. The smallest absolute Gasteiger partial charge is 0.341 e. The highest BCUT2D eigenvalue weighted by Gasteiger charge is 2.66. The molecule has 0 radical (unpaired) electrons. The number of epoxide rings is 2. The lowest BCUT2D eigenvalue weighted by molar-refractivity contribution is -0.175. The molecule has 10 nitrogen and oxygen atoms in total. The maximum absolute atomic E-state index is 13.1. The zero-order valence-corrected chi connectivity index (χ0v) is 19.2. The summed E-state index contributed by atoms with van der Waals surface area (Å²) in [6.07, 6.45) is -1.87. The van der Waals surface area contributed by atoms with Crippen molar-refractivity contribution in [1.29, 1.82) is 0 Å². The van der Waals surface area contributed by atoms with Crippen molar-refractivity contribution < 1.29 is 47.6 Å². The number of hydrogen-bond donors (Lipinski definition) is 0. The Morgan fingerprint density at radius 3 is 2.42 bits per heavy atom. The van der Waals surface area contributed by atoms with Crippen LogP contribution in [0.25, 0.3) is 0 Å². The molecule has 0 aromatic rings. The van der Waals surface area contributed by atoms with Crippen LogP contribution < -0.4 is 0 Å². The van der Waals surface area contributed by atoms with Crippen molar-refractivity contribution in [3.05, 3.63) is 23.8 Å². The van der Waals surface area contributed by atoms with Gasteiger partial charge in [0.15, 0.2) is 17.8 Å². The number of ether oxygens (including phenoxy) is 6. The number of hydrogen-bond acceptors (Lipinski definition) is 10. The summed E-state index contributed by atoms with van der Waals surface area (Å²) in [7, 11) is 1.19. The molecule has 0 spiro atoms. The Hall–Kier alpha value is -2.72. The first kappa shape index (κ1) is 23.4. The second-order valence-electron chi connectivity index (χ2n) is 9.23. The first-order valence-corrected chi connectivity index (χ1v) is 10.8. The topological polar surface area (TPSA) is 130 Å². The van der Waals surface area contributed by atoms with Crippen LogP contribution in [0.2, 0.25) is 0 Å². The Kier molecular flexibility index (Phi) is 5.65. The molecule has 3 aliphatic heterocycles. The van der Waals surface area contributed by atoms with Crippen molar-refractivity contribution in [2.45, 2.75) is 82.3 Å². The minimum Gasteiger partial charge on any atom is -0.466 e. The minimum atomic E-state index is -1.36. The molecule has 1 aliphatic carbocycles. The van der Waals surface area contributed by atoms with Crippen LogP contribution in [0.1, 0.15) is 40.5 Å². The summed E-state index contributed by atoms with van der Waals surface area (Å²) >= 11 is 0. The van der Waals surface area contributed by atoms with Crippen LogP contribution in [0.3, 0.4) is 0 Å². The molecule has 180 valence electrons. The van der Waals surface area contributed by atoms with Gasteiger partial charge in [0, 0.05) is 12.5 Å². The van der Waals surface area contributed by atoms with E-state index >= 15 is 0 Å². The van der Waals surface area contributed by atoms with E-state index in [2.05, 4.69) is 6.58 Å². The molecular weight excluding hydrogens is 436 g/mol. The molecule has 4 rings (SSSR count). The molecule has 8 atom stereocenters. The van der Waals surface area contributed by atoms with E-state index in [1.807, 2.05) is 6.92 Å². The third-order valence-electron chi connectivity index (χ3n) is 6.97. The van der Waals surface area contributed by atoms with Crippen LogP contribution in [0, 0.1) is 5.92 Å². The van der Waals surface area contributed by atoms with Gasteiger partial charge in [0.2, 0.25) is 0 Å². The minimum absolute atomic E-state index is 0.00554. The number of allylic oxidation sites excluding steroid dienone is 1. The number of methoxy groups -OCH3 is 1. The molecule has 3 saturated heterocycles. The summed E-state index contributed by atoms with van der Waals surface area (Å²) in [4.78, 5) is 50.4. The van der Waals surface area contributed by atoms with Gasteiger partial charge in [-0.25, -0.2) is 14.4 Å². The number of esters is 4. The molecule has 3 fully saturated rings. The standard InChI is InChI=1S/C23H28O10/c1-10-14-16(31-21(27)23(5)11(2)32-23)15(29-12(3)24)13(20(26)28-6)8-7-9-22(4)18(33-22)17(14)30-19(10)25/h8,11,14-18H,1,7,9H2,2-6H3/b13-8+/t11-,14-,15+,16+,17+,18+,22-,23+/m1/s1. The molecule has 0 aromatic heterocycles. The van der Waals surface area contributed by atoms with Crippen molar-refractivity contribution in [3.8, 4) is 0 Å². The van der Waals surface area contributed by atoms with Gasteiger partial charge in [0.1, 0.15) is 12.2 Å². The number of rotatable bonds is 4. The molecule has 0 amide bonds. The summed E-state index contributed by atoms with van der Waals surface area (Å²) < 4.78 is 33.2. The highest BCUT2D eigenvalue weighted by molar-refractivity contribution is 5.93. The van der Waals surface area contributed by atoms with Crippen LogP contribution in [-0.4, -0.2) is 72.7 Å². The Bertz CT molecular complexity index is 953. The van der Waals surface area contributed by atoms with Gasteiger partial charge in [-0.3, -0.25) is 4.79 Å². The lowest BCUT2D eigenvalue weighted by Gasteiger charge is -2.34. The van der Waals surface area contributed by atoms with Gasteiger partial charge in [-0.15, -0.1) is 0 Å². The third kappa shape index (κ3) is 3.95. The van der Waals surface area contributed by atoms with E-state index in [-0.39, 0.29) is 17.3 Å². The average Bonchev–Trinajstić information content (AvgIpc) is 3.57. The van der Waals surface area contributed by atoms with E-state index in [0.717, 1.165) is 0 Å². The van der Waals surface area contributed by atoms with Gasteiger partial charge in [-0.05, 0) is 33.6 Å². The van der Waals surface area contributed by atoms with E-state index in [0.29, 0.717) is 12.8 Å². The number of carbonyl (C=O) groups is 4. The molecule has 0 saturated carbocycles. The molecule has 10 heteroatoms. The molecule has 0 aromatic carbocycles. The summed E-state index contributed by atoms with van der Waals surface area (Å²) in [5.74, 6) is -3.79. The highest BCUT2D eigenvalue weighted by Crippen LogP contribution is 2.51. The molecule has 33 heavy (non-hydrogen) atoms. The maximum Gasteiger partial charge on any atom is 0.341 e. The maximum atomic E-state index is 13.1. The number of carbonyl (C=O) groups excluding carboxylic acids is 4. The summed E-state index contributed by atoms with van der Waals surface area (Å²) in [6, 6.07) is 0. The second kappa shape index (κ2) is 7.95. The fraction of sp³-hybridized carbons (Fsp3) is 0.652. The summed E-state index contributed by atoms with van der Waals surface area (Å²) in [5, 5.41) is 0. The second-order valence-corrected chi connectivity index (χ2v) is 9.23. The number of fused-ring (bicyclic) bond motifs is 3. The SMILES string of the molecule is C=C1C(=O)O[C@H]2[C@H]1[C@H](OC(=O)[C@@]1(C)O[C@@H]1C)[C@@H](OC(C)=O)/C(C(=O)OC)=C\CC[C@@]1(C)O[C@@H]21. The Morgan fingerprint density at radius 1 is 1.18 bits per heavy atom. The van der Waals surface area contributed by atoms with Crippen LogP contribution in [0.4, 0.5) is 0 Å². The van der Waals surface area contributed by atoms with Gasteiger partial charge >= 0.3 is 23.9 Å². The van der Waals surface area contributed by atoms with Crippen LogP contribution >= 0.6 is 0 Å². The van der Waals surface area contributed by atoms with Crippen molar-refractivity contribution >= 4 is 23.9 Å². The molecule has 4 aliphatic rings. The Morgan fingerprint density at radius 2 is 1.85 bits per heavy atom. The van der Waals surface area contributed by atoms with Crippen LogP contribution in [0.5, 0.6) is 0 Å². The van der Waals surface area contributed by atoms with Gasteiger partial charge in [-0.2, -0.15) is 0 Å². The van der Waals surface area contributed by atoms with Gasteiger partial charge < -0.3 is 28.4 Å². The van der Waals surface area contributed by atoms with Gasteiger partial charge in [-0.1, -0.05) is 12.7 Å². The average molecular weight is 464 g/mol. The predicted molar refractivity (Wildman–Crippen MR) is 110 cm³/mol. The summed E-state index contributed by atoms with van der Waals surface area (Å²) in [5.41, 5.74) is -1.77. The fourth-order valence-corrected chi connectivity index (χ4v) is 4.66. The zero-order chi connectivity index (χ0) is 24.3. The van der Waals surface area contributed by atoms with E-state index < -0.39 is 65.4 Å². The van der Waals surface area contributed by atoms with Crippen molar-refractivity contribution in [3.63, 3.8) is 0 Å². The van der Waals surface area contributed by atoms with Crippen LogP contribution in [-0.2, 0) is 47.6 Å². The summed E-state index contributed by atoms with van der Waals surface area (Å²) in [6.45, 7) is 10.2. The van der Waals surface area contributed by atoms with Crippen molar-refractivity contribution in [2.75, 3.05) is 7.11 Å². The first-order chi connectivity index (χ1) is 15.4. The predicted octanol–water partition coefficient (Wildman–Crippen LogP) is 1.16. The Balaban J connectivity index is 1.82. The Labute approximate surface area is 191 Å². The molecule has 3 heterocycles. The lowest BCUT2D eigenvalue weighted by atomic mass is 9.80. The largest absolute Gasteiger partial charge is 0.466 e. The first-order valence-electron chi connectivity index (χ1n) is 10.8. The van der Waals surface area contributed by atoms with E-state index in [1.54, 1.807) is 19.9 Å². The third-order valence-corrected chi connectivity index (χ3v) is 6.97. The molecule has 0 N–H and O–H groups in total. The van der Waals surface area contributed by atoms with Crippen LogP contribution in [0.15, 0.2) is 23.8 Å². The van der Waals surface area contributed by atoms with E-state index in [1.165, 1.54) is 14.0 Å². The van der Waals surface area contributed by atoms with E-state index in [9.17, 15) is 19.2 Å². The monoisotopic (exact) mass is 464 g/mol. The van der Waals surface area contributed by atoms with Crippen molar-refractivity contribution in [1.82, 2.24) is 0 Å². The van der Waals surface area contributed by atoms with Gasteiger partial charge in [0.25, 0.3) is 0 Å². The molecule has 0 bridgehead atoms. The van der Waals surface area contributed by atoms with Gasteiger partial charge in [0.05, 0.1) is 30.3 Å². The molecular formula is C23H28O10. The fourth-order valence-electron chi connectivity index (χ4n) is 4.66. The highest BCUT2D eigenvalue weighted by atomic mass is 16.7. The zero-order valence-electron chi connectivity index (χ0n) is 19.2.